The first kappa shape index (κ1) is 11.1. The summed E-state index contributed by atoms with van der Waals surface area (Å²) in [4.78, 5) is 0. The van der Waals surface area contributed by atoms with Crippen LogP contribution in [0.15, 0.2) is 30.3 Å². The lowest BCUT2D eigenvalue weighted by Crippen LogP contribution is -2.23. The summed E-state index contributed by atoms with van der Waals surface area (Å²) in [5.41, 5.74) is 0. The van der Waals surface area contributed by atoms with Crippen LogP contribution in [0.1, 0.15) is 33.6 Å². The zero-order chi connectivity index (χ0) is 10.4. The molecule has 1 nitrogen and oxygen atoms in total. The van der Waals surface area contributed by atoms with Gasteiger partial charge in [-0.1, -0.05) is 45.4 Å². The maximum absolute atomic E-state index is 5.92. The zero-order valence-electron chi connectivity index (χ0n) is 9.36. The van der Waals surface area contributed by atoms with E-state index < -0.39 is 0 Å². The molecule has 0 aliphatic heterocycles. The molecule has 0 N–H and O–H groups in total. The molecular weight excluding hydrogens is 172 g/mol. The van der Waals surface area contributed by atoms with Crippen molar-refractivity contribution < 1.29 is 4.74 Å². The van der Waals surface area contributed by atoms with Crippen LogP contribution in [-0.4, -0.2) is 6.10 Å². The monoisotopic (exact) mass is 192 g/mol. The maximum Gasteiger partial charge on any atom is 0.119 e. The Morgan fingerprint density at radius 2 is 1.71 bits per heavy atom. The molecule has 0 amide bonds. The standard InChI is InChI=1S/C13H20O/c1-4-11(3)13(5-2)14-12-9-7-6-8-10-12/h6-11,13H,4-5H2,1-3H3/t11-,13-/m1/s1. The summed E-state index contributed by atoms with van der Waals surface area (Å²) >= 11 is 0. The third-order valence-electron chi connectivity index (χ3n) is 2.71. The number of para-hydroxylation sites is 1. The zero-order valence-corrected chi connectivity index (χ0v) is 9.36. The highest BCUT2D eigenvalue weighted by atomic mass is 16.5. The minimum absolute atomic E-state index is 0.349. The van der Waals surface area contributed by atoms with E-state index in [1.807, 2.05) is 30.3 Å². The summed E-state index contributed by atoms with van der Waals surface area (Å²) in [6.45, 7) is 6.64. The molecule has 0 fully saturated rings. The smallest absolute Gasteiger partial charge is 0.119 e. The van der Waals surface area contributed by atoms with Gasteiger partial charge in [-0.25, -0.2) is 0 Å². The molecule has 1 rings (SSSR count). The van der Waals surface area contributed by atoms with Crippen molar-refractivity contribution in [2.45, 2.75) is 39.7 Å². The van der Waals surface area contributed by atoms with Gasteiger partial charge in [-0.05, 0) is 24.5 Å². The summed E-state index contributed by atoms with van der Waals surface area (Å²) < 4.78 is 5.92. The Kier molecular flexibility index (Phi) is 4.51. The predicted octanol–water partition coefficient (Wildman–Crippen LogP) is 3.89. The quantitative estimate of drug-likeness (QED) is 0.687. The van der Waals surface area contributed by atoms with Crippen LogP contribution in [0.25, 0.3) is 0 Å². The van der Waals surface area contributed by atoms with Gasteiger partial charge in [0.25, 0.3) is 0 Å². The van der Waals surface area contributed by atoms with Gasteiger partial charge in [0, 0.05) is 0 Å². The van der Waals surface area contributed by atoms with Crippen LogP contribution < -0.4 is 4.74 Å². The predicted molar refractivity (Wildman–Crippen MR) is 60.6 cm³/mol. The van der Waals surface area contributed by atoms with Crippen molar-refractivity contribution in [3.8, 4) is 5.75 Å². The van der Waals surface area contributed by atoms with E-state index in [4.69, 9.17) is 4.74 Å². The van der Waals surface area contributed by atoms with E-state index >= 15 is 0 Å². The fraction of sp³-hybridized carbons (Fsp3) is 0.538. The molecule has 1 heteroatoms. The third kappa shape index (κ3) is 3.06. The van der Waals surface area contributed by atoms with Gasteiger partial charge in [0.2, 0.25) is 0 Å². The van der Waals surface area contributed by atoms with Crippen molar-refractivity contribution in [1.29, 1.82) is 0 Å². The third-order valence-corrected chi connectivity index (χ3v) is 2.71. The van der Waals surface area contributed by atoms with Gasteiger partial charge >= 0.3 is 0 Å². The van der Waals surface area contributed by atoms with E-state index in [1.165, 1.54) is 6.42 Å². The van der Waals surface area contributed by atoms with Crippen molar-refractivity contribution in [1.82, 2.24) is 0 Å². The second-order valence-electron chi connectivity index (χ2n) is 3.76. The van der Waals surface area contributed by atoms with Crippen molar-refractivity contribution in [2.24, 2.45) is 5.92 Å². The second kappa shape index (κ2) is 5.69. The van der Waals surface area contributed by atoms with Crippen molar-refractivity contribution in [3.05, 3.63) is 30.3 Å². The fourth-order valence-electron chi connectivity index (χ4n) is 1.54. The highest BCUT2D eigenvalue weighted by molar-refractivity contribution is 5.21. The number of rotatable bonds is 5. The van der Waals surface area contributed by atoms with Crippen molar-refractivity contribution in [3.63, 3.8) is 0 Å². The van der Waals surface area contributed by atoms with Gasteiger partial charge in [0.1, 0.15) is 11.9 Å². The Bertz CT molecular complexity index is 243. The number of ether oxygens (including phenoxy) is 1. The summed E-state index contributed by atoms with van der Waals surface area (Å²) in [6, 6.07) is 10.1. The molecule has 0 aromatic heterocycles. The molecule has 0 heterocycles. The minimum Gasteiger partial charge on any atom is -0.490 e. The summed E-state index contributed by atoms with van der Waals surface area (Å²) in [7, 11) is 0. The lowest BCUT2D eigenvalue weighted by atomic mass is 10.00. The molecule has 1 aromatic carbocycles. The number of hydrogen-bond donors (Lipinski definition) is 0. The van der Waals surface area contributed by atoms with Crippen molar-refractivity contribution in [2.75, 3.05) is 0 Å². The number of benzene rings is 1. The molecule has 78 valence electrons. The lowest BCUT2D eigenvalue weighted by Gasteiger charge is -2.22. The van der Waals surface area contributed by atoms with Crippen molar-refractivity contribution >= 4 is 0 Å². The van der Waals surface area contributed by atoms with Gasteiger partial charge < -0.3 is 4.74 Å². The van der Waals surface area contributed by atoms with E-state index in [2.05, 4.69) is 20.8 Å². The molecule has 0 spiro atoms. The molecule has 0 saturated heterocycles. The first-order valence-electron chi connectivity index (χ1n) is 5.49. The summed E-state index contributed by atoms with van der Waals surface area (Å²) in [5.74, 6) is 1.61. The van der Waals surface area contributed by atoms with Gasteiger partial charge in [0.05, 0.1) is 0 Å². The molecule has 14 heavy (non-hydrogen) atoms. The van der Waals surface area contributed by atoms with Crippen LogP contribution in [0.2, 0.25) is 0 Å². The van der Waals surface area contributed by atoms with Crippen LogP contribution in [0, 0.1) is 5.92 Å². The number of hydrogen-bond acceptors (Lipinski definition) is 1. The average molecular weight is 192 g/mol. The average Bonchev–Trinajstić information content (AvgIpc) is 2.26. The molecule has 0 saturated carbocycles. The molecular formula is C13H20O. The maximum atomic E-state index is 5.92. The lowest BCUT2D eigenvalue weighted by molar-refractivity contribution is 0.136. The highest BCUT2D eigenvalue weighted by Gasteiger charge is 2.14. The van der Waals surface area contributed by atoms with E-state index in [0.29, 0.717) is 12.0 Å². The molecule has 0 aliphatic carbocycles. The molecule has 0 bridgehead atoms. The van der Waals surface area contributed by atoms with Gasteiger partial charge in [-0.3, -0.25) is 0 Å². The van der Waals surface area contributed by atoms with Crippen LogP contribution in [0.3, 0.4) is 0 Å². The van der Waals surface area contributed by atoms with Crippen LogP contribution in [0.5, 0.6) is 5.75 Å². The van der Waals surface area contributed by atoms with Gasteiger partial charge in [0.15, 0.2) is 0 Å². The fourth-order valence-corrected chi connectivity index (χ4v) is 1.54. The van der Waals surface area contributed by atoms with E-state index in [-0.39, 0.29) is 0 Å². The first-order valence-corrected chi connectivity index (χ1v) is 5.49. The summed E-state index contributed by atoms with van der Waals surface area (Å²) in [6.07, 6.45) is 2.59. The minimum atomic E-state index is 0.349. The molecule has 1 aromatic rings. The molecule has 0 radical (unpaired) electrons. The second-order valence-corrected chi connectivity index (χ2v) is 3.76. The molecule has 0 unspecified atom stereocenters. The highest BCUT2D eigenvalue weighted by Crippen LogP contribution is 2.19. The van der Waals surface area contributed by atoms with E-state index in [9.17, 15) is 0 Å². The largest absolute Gasteiger partial charge is 0.490 e. The Labute approximate surface area is 87.1 Å². The molecule has 0 aliphatic rings. The summed E-state index contributed by atoms with van der Waals surface area (Å²) in [5, 5.41) is 0. The van der Waals surface area contributed by atoms with Crippen LogP contribution >= 0.6 is 0 Å². The Morgan fingerprint density at radius 1 is 1.07 bits per heavy atom. The SMILES string of the molecule is CC[C@@H](C)[C@@H](CC)Oc1ccccc1. The van der Waals surface area contributed by atoms with Gasteiger partial charge in [-0.15, -0.1) is 0 Å². The Hall–Kier alpha value is -0.980. The topological polar surface area (TPSA) is 9.23 Å². The first-order chi connectivity index (χ1) is 6.77. The van der Waals surface area contributed by atoms with E-state index in [0.717, 1.165) is 12.2 Å². The Morgan fingerprint density at radius 3 is 2.21 bits per heavy atom. The van der Waals surface area contributed by atoms with E-state index in [1.54, 1.807) is 0 Å². The van der Waals surface area contributed by atoms with Crippen LogP contribution in [0.4, 0.5) is 0 Å². The van der Waals surface area contributed by atoms with Gasteiger partial charge in [-0.2, -0.15) is 0 Å². The normalized spacial score (nSPS) is 14.8. The van der Waals surface area contributed by atoms with Crippen LogP contribution in [-0.2, 0) is 0 Å². The molecule has 2 atom stereocenters. The Balaban J connectivity index is 2.57.